The molecule has 7 heteroatoms. The number of amides is 1. The number of hydrogen-bond acceptors (Lipinski definition) is 4. The van der Waals surface area contributed by atoms with E-state index in [2.05, 4.69) is 10.5 Å². The van der Waals surface area contributed by atoms with E-state index in [-0.39, 0.29) is 33.4 Å². The van der Waals surface area contributed by atoms with Gasteiger partial charge in [0.15, 0.2) is 11.5 Å². The second-order valence-corrected chi connectivity index (χ2v) is 7.18. The van der Waals surface area contributed by atoms with Gasteiger partial charge in [-0.15, -0.1) is 0 Å². The lowest BCUT2D eigenvalue weighted by Crippen LogP contribution is -2.21. The van der Waals surface area contributed by atoms with Gasteiger partial charge in [0.25, 0.3) is 0 Å². The average Bonchev–Trinajstić information content (AvgIpc) is 3.02. The summed E-state index contributed by atoms with van der Waals surface area (Å²) in [5, 5.41) is 13.6. The number of carbonyl (C=O) groups is 1. The Balaban J connectivity index is 1.98. The Kier molecular flexibility index (Phi) is 5.78. The van der Waals surface area contributed by atoms with Crippen molar-refractivity contribution in [3.63, 3.8) is 0 Å². The molecule has 0 bridgehead atoms. The Labute approximate surface area is 151 Å². The second kappa shape index (κ2) is 7.45. The zero-order chi connectivity index (χ0) is 17.9. The van der Waals surface area contributed by atoms with Crippen LogP contribution >= 0.6 is 23.2 Å². The second-order valence-electron chi connectivity index (χ2n) is 6.18. The molecule has 24 heavy (non-hydrogen) atoms. The lowest BCUT2D eigenvalue weighted by atomic mass is 10.1. The van der Waals surface area contributed by atoms with E-state index in [9.17, 15) is 9.90 Å². The van der Waals surface area contributed by atoms with Crippen LogP contribution in [0, 0.1) is 17.3 Å². The standard InChI is InChI=1S/C17H20Cl2N2O3/c1-4-24-13-7-10(5-6-12(13)22)9-20-21-16(23)15-11(8-14(18)19)17(15,2)3/h5-9,11,15,22H,4H2,1-3H3,(H,21,23)/t11-,15+/m0/s1. The van der Waals surface area contributed by atoms with Gasteiger partial charge >= 0.3 is 0 Å². The highest BCUT2D eigenvalue weighted by Gasteiger charge is 2.60. The fraction of sp³-hybridized carbons (Fsp3) is 0.412. The SMILES string of the molecule is CCOc1cc(C=NNC(=O)[C@H]2[C@H](C=C(Cl)Cl)C2(C)C)ccc1O. The summed E-state index contributed by atoms with van der Waals surface area (Å²) in [4.78, 5) is 12.2. The Bertz CT molecular complexity index is 682. The topological polar surface area (TPSA) is 70.9 Å². The summed E-state index contributed by atoms with van der Waals surface area (Å²) >= 11 is 11.4. The normalized spacial score (nSPS) is 21.4. The monoisotopic (exact) mass is 370 g/mol. The highest BCUT2D eigenvalue weighted by molar-refractivity contribution is 6.55. The molecule has 1 saturated carbocycles. The number of hydrazone groups is 1. The number of nitrogens with zero attached hydrogens (tertiary/aromatic N) is 1. The van der Waals surface area contributed by atoms with Gasteiger partial charge in [-0.25, -0.2) is 5.43 Å². The number of phenolic OH excluding ortho intramolecular Hbond substituents is 1. The van der Waals surface area contributed by atoms with Crippen molar-refractivity contribution in [2.45, 2.75) is 20.8 Å². The molecule has 0 heterocycles. The number of halogens is 2. The predicted octanol–water partition coefficient (Wildman–Crippen LogP) is 3.83. The molecule has 1 fully saturated rings. The number of rotatable bonds is 6. The molecule has 0 aromatic heterocycles. The number of ether oxygens (including phenoxy) is 1. The van der Waals surface area contributed by atoms with Crippen LogP contribution in [0.1, 0.15) is 26.3 Å². The summed E-state index contributed by atoms with van der Waals surface area (Å²) in [5.74, 6) is 0.0242. The van der Waals surface area contributed by atoms with Crippen molar-refractivity contribution < 1.29 is 14.6 Å². The van der Waals surface area contributed by atoms with Crippen molar-refractivity contribution in [3.8, 4) is 11.5 Å². The first-order valence-corrected chi connectivity index (χ1v) is 8.34. The molecule has 0 spiro atoms. The smallest absolute Gasteiger partial charge is 0.244 e. The van der Waals surface area contributed by atoms with E-state index in [0.29, 0.717) is 17.9 Å². The molecule has 130 valence electrons. The molecular weight excluding hydrogens is 351 g/mol. The average molecular weight is 371 g/mol. The lowest BCUT2D eigenvalue weighted by molar-refractivity contribution is -0.123. The molecule has 0 unspecified atom stereocenters. The predicted molar refractivity (Wildman–Crippen MR) is 95.6 cm³/mol. The van der Waals surface area contributed by atoms with Crippen molar-refractivity contribution in [1.29, 1.82) is 0 Å². The lowest BCUT2D eigenvalue weighted by Gasteiger charge is -2.06. The summed E-state index contributed by atoms with van der Waals surface area (Å²) < 4.78 is 5.47. The number of allylic oxidation sites excluding steroid dienone is 1. The number of phenols is 1. The third-order valence-corrected chi connectivity index (χ3v) is 4.42. The van der Waals surface area contributed by atoms with Crippen LogP contribution in [0.15, 0.2) is 33.9 Å². The van der Waals surface area contributed by atoms with Gasteiger partial charge in [-0.1, -0.05) is 37.0 Å². The van der Waals surface area contributed by atoms with Crippen LogP contribution in [-0.2, 0) is 4.79 Å². The van der Waals surface area contributed by atoms with E-state index in [1.165, 1.54) is 12.3 Å². The van der Waals surface area contributed by atoms with Crippen LogP contribution in [0.3, 0.4) is 0 Å². The molecule has 2 atom stereocenters. The van der Waals surface area contributed by atoms with Gasteiger partial charge in [0.1, 0.15) is 4.49 Å². The Hall–Kier alpha value is -1.72. The van der Waals surface area contributed by atoms with E-state index in [4.69, 9.17) is 27.9 Å². The number of nitrogens with one attached hydrogen (secondary N) is 1. The fourth-order valence-corrected chi connectivity index (χ4v) is 3.02. The molecule has 5 nitrogen and oxygen atoms in total. The third kappa shape index (κ3) is 4.22. The molecule has 0 radical (unpaired) electrons. The molecule has 1 aliphatic carbocycles. The summed E-state index contributed by atoms with van der Waals surface area (Å²) in [6.45, 7) is 6.23. The van der Waals surface area contributed by atoms with Crippen LogP contribution in [0.25, 0.3) is 0 Å². The van der Waals surface area contributed by atoms with E-state index >= 15 is 0 Å². The van der Waals surface area contributed by atoms with Crippen LogP contribution in [-0.4, -0.2) is 23.8 Å². The number of benzene rings is 1. The largest absolute Gasteiger partial charge is 0.504 e. The minimum Gasteiger partial charge on any atom is -0.504 e. The number of carbonyl (C=O) groups excluding carboxylic acids is 1. The van der Waals surface area contributed by atoms with Crippen molar-refractivity contribution in [2.75, 3.05) is 6.61 Å². The molecule has 0 saturated heterocycles. The van der Waals surface area contributed by atoms with Gasteiger partial charge < -0.3 is 9.84 Å². The minimum absolute atomic E-state index is 0.00377. The molecule has 1 aliphatic rings. The number of aromatic hydroxyl groups is 1. The van der Waals surface area contributed by atoms with Gasteiger partial charge in [-0.3, -0.25) is 4.79 Å². The van der Waals surface area contributed by atoms with Crippen molar-refractivity contribution in [3.05, 3.63) is 34.3 Å². The van der Waals surface area contributed by atoms with Crippen LogP contribution < -0.4 is 10.2 Å². The molecule has 2 N–H and O–H groups in total. The van der Waals surface area contributed by atoms with Crippen LogP contribution in [0.2, 0.25) is 0 Å². The van der Waals surface area contributed by atoms with Gasteiger partial charge in [-0.2, -0.15) is 5.10 Å². The molecule has 1 aromatic rings. The molecular formula is C17H20Cl2N2O3. The Morgan fingerprint density at radius 1 is 1.46 bits per heavy atom. The van der Waals surface area contributed by atoms with E-state index in [0.717, 1.165) is 0 Å². The summed E-state index contributed by atoms with van der Waals surface area (Å²) in [7, 11) is 0. The van der Waals surface area contributed by atoms with Crippen LogP contribution in [0.5, 0.6) is 11.5 Å². The zero-order valence-corrected chi connectivity index (χ0v) is 15.2. The number of hydrogen-bond donors (Lipinski definition) is 2. The summed E-state index contributed by atoms with van der Waals surface area (Å²) in [6, 6.07) is 4.84. The third-order valence-electron chi connectivity index (χ3n) is 4.17. The first-order chi connectivity index (χ1) is 11.3. The Morgan fingerprint density at radius 3 is 2.79 bits per heavy atom. The highest BCUT2D eigenvalue weighted by atomic mass is 35.5. The van der Waals surface area contributed by atoms with Crippen molar-refractivity contribution in [2.24, 2.45) is 22.4 Å². The Morgan fingerprint density at radius 2 is 2.17 bits per heavy atom. The van der Waals surface area contributed by atoms with Gasteiger partial charge in [0.2, 0.25) is 5.91 Å². The summed E-state index contributed by atoms with van der Waals surface area (Å²) in [5.41, 5.74) is 3.03. The maximum absolute atomic E-state index is 12.2. The van der Waals surface area contributed by atoms with Crippen LogP contribution in [0.4, 0.5) is 0 Å². The highest BCUT2D eigenvalue weighted by Crippen LogP contribution is 2.59. The molecule has 1 amide bonds. The minimum atomic E-state index is -0.221. The van der Waals surface area contributed by atoms with Gasteiger partial charge in [0.05, 0.1) is 18.7 Å². The maximum atomic E-state index is 12.2. The van der Waals surface area contributed by atoms with Gasteiger partial charge in [-0.05, 0) is 48.1 Å². The first kappa shape index (κ1) is 18.6. The molecule has 2 rings (SSSR count). The summed E-state index contributed by atoms with van der Waals surface area (Å²) in [6.07, 6.45) is 3.18. The van der Waals surface area contributed by atoms with Crippen molar-refractivity contribution in [1.82, 2.24) is 5.43 Å². The van der Waals surface area contributed by atoms with E-state index in [1.54, 1.807) is 18.2 Å². The maximum Gasteiger partial charge on any atom is 0.244 e. The molecule has 0 aliphatic heterocycles. The quantitative estimate of drug-likeness (QED) is 0.590. The zero-order valence-electron chi connectivity index (χ0n) is 13.7. The fourth-order valence-electron chi connectivity index (χ4n) is 2.75. The van der Waals surface area contributed by atoms with Crippen molar-refractivity contribution >= 4 is 35.3 Å². The van der Waals surface area contributed by atoms with Gasteiger partial charge in [0, 0.05) is 0 Å². The first-order valence-electron chi connectivity index (χ1n) is 7.59. The van der Waals surface area contributed by atoms with E-state index in [1.807, 2.05) is 20.8 Å². The van der Waals surface area contributed by atoms with E-state index < -0.39 is 0 Å². The molecule has 1 aromatic carbocycles.